The van der Waals surface area contributed by atoms with Crippen LogP contribution in [0.25, 0.3) is 0 Å². The molecule has 0 bridgehead atoms. The van der Waals surface area contributed by atoms with Gasteiger partial charge in [-0.05, 0) is 48.9 Å². The maximum Gasteiger partial charge on any atom is 0.416 e. The lowest BCUT2D eigenvalue weighted by Gasteiger charge is -2.32. The number of anilines is 4. The Morgan fingerprint density at radius 3 is 2.45 bits per heavy atom. The van der Waals surface area contributed by atoms with Crippen molar-refractivity contribution in [3.8, 4) is 0 Å². The molecule has 2 aliphatic heterocycles. The monoisotopic (exact) mass is 526 g/mol. The second-order valence-electron chi connectivity index (χ2n) is 9.38. The largest absolute Gasteiger partial charge is 0.416 e. The Hall–Kier alpha value is -3.93. The molecule has 1 aromatic heterocycles. The lowest BCUT2D eigenvalue weighted by atomic mass is 10.1. The van der Waals surface area contributed by atoms with Crippen LogP contribution in [0.15, 0.2) is 42.5 Å². The van der Waals surface area contributed by atoms with Crippen molar-refractivity contribution in [2.45, 2.75) is 19.1 Å². The van der Waals surface area contributed by atoms with E-state index in [0.717, 1.165) is 43.5 Å². The summed E-state index contributed by atoms with van der Waals surface area (Å²) in [5, 5.41) is 5.64. The molecule has 5 rings (SSSR count). The molecule has 200 valence electrons. The zero-order chi connectivity index (χ0) is 26.9. The van der Waals surface area contributed by atoms with E-state index in [1.54, 1.807) is 19.2 Å². The first-order valence-electron chi connectivity index (χ1n) is 12.4. The summed E-state index contributed by atoms with van der Waals surface area (Å²) in [6.45, 7) is 3.92. The van der Waals surface area contributed by atoms with Gasteiger partial charge in [-0.1, -0.05) is 18.2 Å². The van der Waals surface area contributed by atoms with Gasteiger partial charge in [-0.15, -0.1) is 0 Å². The van der Waals surface area contributed by atoms with Gasteiger partial charge in [0, 0.05) is 57.6 Å². The van der Waals surface area contributed by atoms with Crippen LogP contribution in [-0.4, -0.2) is 72.6 Å². The van der Waals surface area contributed by atoms with Crippen molar-refractivity contribution >= 4 is 29.4 Å². The SMILES string of the molecule is CNc1nc(N2CCN(C)CC2)nc(N2CCc3cc(C(=O)NCc4ccccc4C(F)(F)F)ccc32)n1. The molecular formula is C26H29F3N8O. The molecule has 1 amide bonds. The van der Waals surface area contributed by atoms with Gasteiger partial charge in [0.05, 0.1) is 5.56 Å². The number of nitrogens with one attached hydrogen (secondary N) is 2. The van der Waals surface area contributed by atoms with Crippen LogP contribution in [0, 0.1) is 0 Å². The van der Waals surface area contributed by atoms with Crippen molar-refractivity contribution in [1.29, 1.82) is 0 Å². The highest BCUT2D eigenvalue weighted by molar-refractivity contribution is 5.95. The Morgan fingerprint density at radius 1 is 0.974 bits per heavy atom. The van der Waals surface area contributed by atoms with Crippen LogP contribution in [0.3, 0.4) is 0 Å². The number of likely N-dealkylation sites (N-methyl/N-ethyl adjacent to an activating group) is 1. The van der Waals surface area contributed by atoms with Crippen LogP contribution in [0.2, 0.25) is 0 Å². The van der Waals surface area contributed by atoms with Crippen molar-refractivity contribution in [1.82, 2.24) is 25.2 Å². The van der Waals surface area contributed by atoms with E-state index in [2.05, 4.69) is 37.4 Å². The molecule has 3 aromatic rings. The predicted octanol–water partition coefficient (Wildman–Crippen LogP) is 3.31. The van der Waals surface area contributed by atoms with Gasteiger partial charge < -0.3 is 25.3 Å². The zero-order valence-electron chi connectivity index (χ0n) is 21.2. The van der Waals surface area contributed by atoms with Crippen LogP contribution < -0.4 is 20.4 Å². The average Bonchev–Trinajstić information content (AvgIpc) is 3.35. The summed E-state index contributed by atoms with van der Waals surface area (Å²) >= 11 is 0. The van der Waals surface area contributed by atoms with Crippen LogP contribution in [0.5, 0.6) is 0 Å². The van der Waals surface area contributed by atoms with E-state index < -0.39 is 17.6 Å². The fraction of sp³-hybridized carbons (Fsp3) is 0.385. The highest BCUT2D eigenvalue weighted by Gasteiger charge is 2.33. The maximum absolute atomic E-state index is 13.3. The molecule has 38 heavy (non-hydrogen) atoms. The van der Waals surface area contributed by atoms with Crippen molar-refractivity contribution in [3.63, 3.8) is 0 Å². The first kappa shape index (κ1) is 25.7. The number of aromatic nitrogens is 3. The first-order chi connectivity index (χ1) is 18.2. The van der Waals surface area contributed by atoms with Gasteiger partial charge >= 0.3 is 6.18 Å². The fourth-order valence-electron chi connectivity index (χ4n) is 4.71. The highest BCUT2D eigenvalue weighted by Crippen LogP contribution is 2.35. The molecule has 1 fully saturated rings. The van der Waals surface area contributed by atoms with Crippen molar-refractivity contribution < 1.29 is 18.0 Å². The number of hydrogen-bond donors (Lipinski definition) is 2. The van der Waals surface area contributed by atoms with E-state index in [9.17, 15) is 18.0 Å². The van der Waals surface area contributed by atoms with Crippen LogP contribution in [0.1, 0.15) is 27.0 Å². The minimum Gasteiger partial charge on any atom is -0.357 e. The smallest absolute Gasteiger partial charge is 0.357 e. The lowest BCUT2D eigenvalue weighted by molar-refractivity contribution is -0.138. The fourth-order valence-corrected chi connectivity index (χ4v) is 4.71. The number of fused-ring (bicyclic) bond motifs is 1. The number of amides is 1. The lowest BCUT2D eigenvalue weighted by Crippen LogP contribution is -2.45. The molecule has 2 aliphatic rings. The number of carbonyl (C=O) groups is 1. The Balaban J connectivity index is 1.33. The summed E-state index contributed by atoms with van der Waals surface area (Å²) in [7, 11) is 3.86. The summed E-state index contributed by atoms with van der Waals surface area (Å²) < 4.78 is 39.8. The minimum absolute atomic E-state index is 0.0204. The Labute approximate surface area is 218 Å². The van der Waals surface area contributed by atoms with Crippen LogP contribution in [-0.2, 0) is 19.1 Å². The standard InChI is InChI=1S/C26H29F3N8O/c1-30-23-32-24(36-13-11-35(2)12-14-36)34-25(33-23)37-10-9-17-15-18(7-8-21(17)37)22(38)31-16-19-5-3-4-6-20(19)26(27,28)29/h3-8,15H,9-14,16H2,1-2H3,(H,31,38)(H,30,32,33,34). The van der Waals surface area contributed by atoms with Gasteiger partial charge in [0.25, 0.3) is 5.91 Å². The van der Waals surface area contributed by atoms with Gasteiger partial charge in [-0.2, -0.15) is 28.1 Å². The molecule has 0 radical (unpaired) electrons. The number of benzene rings is 2. The van der Waals surface area contributed by atoms with Gasteiger partial charge in [-0.3, -0.25) is 4.79 Å². The predicted molar refractivity (Wildman–Crippen MR) is 139 cm³/mol. The van der Waals surface area contributed by atoms with Crippen molar-refractivity contribution in [3.05, 3.63) is 64.7 Å². The number of nitrogens with zero attached hydrogens (tertiary/aromatic N) is 6. The Kier molecular flexibility index (Phi) is 7.06. The number of piperazine rings is 1. The second-order valence-corrected chi connectivity index (χ2v) is 9.38. The van der Waals surface area contributed by atoms with E-state index in [4.69, 9.17) is 4.98 Å². The molecule has 0 spiro atoms. The van der Waals surface area contributed by atoms with Crippen molar-refractivity contribution in [2.24, 2.45) is 0 Å². The van der Waals surface area contributed by atoms with E-state index >= 15 is 0 Å². The Bertz CT molecular complexity index is 1320. The number of alkyl halides is 3. The zero-order valence-corrected chi connectivity index (χ0v) is 21.2. The topological polar surface area (TPSA) is 89.5 Å². The summed E-state index contributed by atoms with van der Waals surface area (Å²) in [5.41, 5.74) is 1.49. The molecular weight excluding hydrogens is 497 g/mol. The van der Waals surface area contributed by atoms with E-state index in [1.807, 2.05) is 11.0 Å². The molecule has 2 N–H and O–H groups in total. The second kappa shape index (κ2) is 10.4. The van der Waals surface area contributed by atoms with E-state index in [1.165, 1.54) is 18.2 Å². The third kappa shape index (κ3) is 5.35. The normalized spacial score (nSPS) is 15.9. The first-order valence-corrected chi connectivity index (χ1v) is 12.4. The molecule has 2 aromatic carbocycles. The van der Waals surface area contributed by atoms with Gasteiger partial charge in [0.1, 0.15) is 0 Å². The molecule has 1 saturated heterocycles. The van der Waals surface area contributed by atoms with Crippen molar-refractivity contribution in [2.75, 3.05) is 61.9 Å². The van der Waals surface area contributed by atoms with Gasteiger partial charge in [-0.25, -0.2) is 0 Å². The number of hydrogen-bond acceptors (Lipinski definition) is 8. The quantitative estimate of drug-likeness (QED) is 0.506. The van der Waals surface area contributed by atoms with E-state index in [0.29, 0.717) is 36.4 Å². The summed E-state index contributed by atoms with van der Waals surface area (Å²) in [6.07, 6.45) is -3.80. The van der Waals surface area contributed by atoms with Gasteiger partial charge in [0.15, 0.2) is 0 Å². The Morgan fingerprint density at radius 2 is 1.71 bits per heavy atom. The minimum atomic E-state index is -4.48. The third-order valence-electron chi connectivity index (χ3n) is 6.86. The van der Waals surface area contributed by atoms with Crippen LogP contribution >= 0.6 is 0 Å². The summed E-state index contributed by atoms with van der Waals surface area (Å²) in [6, 6.07) is 10.5. The summed E-state index contributed by atoms with van der Waals surface area (Å²) in [4.78, 5) is 33.1. The maximum atomic E-state index is 13.3. The number of rotatable bonds is 6. The molecule has 0 unspecified atom stereocenters. The molecule has 12 heteroatoms. The molecule has 0 atom stereocenters. The van der Waals surface area contributed by atoms with Crippen LogP contribution in [0.4, 0.5) is 36.7 Å². The average molecular weight is 527 g/mol. The number of halogens is 3. The molecule has 9 nitrogen and oxygen atoms in total. The molecule has 3 heterocycles. The number of carbonyl (C=O) groups excluding carboxylic acids is 1. The van der Waals surface area contributed by atoms with E-state index in [-0.39, 0.29) is 12.1 Å². The van der Waals surface area contributed by atoms with Gasteiger partial charge in [0.2, 0.25) is 17.8 Å². The molecule has 0 saturated carbocycles. The summed E-state index contributed by atoms with van der Waals surface area (Å²) in [5.74, 6) is 1.19. The third-order valence-corrected chi connectivity index (χ3v) is 6.86. The molecule has 0 aliphatic carbocycles. The highest BCUT2D eigenvalue weighted by atomic mass is 19.4.